The van der Waals surface area contributed by atoms with Gasteiger partial charge < -0.3 is 15.7 Å². The average molecular weight is 443 g/mol. The van der Waals surface area contributed by atoms with Crippen LogP contribution in [0.25, 0.3) is 0 Å². The first-order chi connectivity index (χ1) is 12.0. The Morgan fingerprint density at radius 2 is 2.24 bits per heavy atom. The maximum Gasteiger partial charge on any atom is 0.256 e. The first kappa shape index (κ1) is 17.1. The Bertz CT molecular complexity index is 870. The topological polar surface area (TPSA) is 64.6 Å². The molecular formula is C17H17BrClN3O2S. The Labute approximate surface area is 163 Å². The van der Waals surface area contributed by atoms with E-state index in [2.05, 4.69) is 38.4 Å². The highest BCUT2D eigenvalue weighted by atomic mass is 79.9. The van der Waals surface area contributed by atoms with E-state index in [4.69, 9.17) is 11.6 Å². The van der Waals surface area contributed by atoms with Crippen molar-refractivity contribution in [2.45, 2.75) is 26.1 Å². The molecule has 3 N–H and O–H groups in total. The molecule has 3 heterocycles. The monoisotopic (exact) mass is 441 g/mol. The van der Waals surface area contributed by atoms with Crippen molar-refractivity contribution in [1.82, 2.24) is 10.2 Å². The van der Waals surface area contributed by atoms with Gasteiger partial charge in [0.05, 0.1) is 10.0 Å². The van der Waals surface area contributed by atoms with Crippen LogP contribution in [0.5, 0.6) is 5.75 Å². The molecule has 25 heavy (non-hydrogen) atoms. The van der Waals surface area contributed by atoms with Gasteiger partial charge in [-0.2, -0.15) is 0 Å². The Kier molecular flexibility index (Phi) is 4.43. The minimum atomic E-state index is -0.516. The minimum Gasteiger partial charge on any atom is -0.506 e. The largest absolute Gasteiger partial charge is 0.506 e. The first-order valence-electron chi connectivity index (χ1n) is 8.10. The number of thiophene rings is 1. The highest BCUT2D eigenvalue weighted by Gasteiger charge is 2.34. The smallest absolute Gasteiger partial charge is 0.256 e. The maximum atomic E-state index is 12.8. The second-order valence-electron chi connectivity index (χ2n) is 6.20. The minimum absolute atomic E-state index is 0.0733. The molecule has 1 atom stereocenters. The van der Waals surface area contributed by atoms with Gasteiger partial charge in [-0.1, -0.05) is 18.5 Å². The van der Waals surface area contributed by atoms with Crippen LogP contribution in [0, 0.1) is 0 Å². The van der Waals surface area contributed by atoms with E-state index in [1.54, 1.807) is 23.5 Å². The molecule has 0 bridgehead atoms. The standard InChI is InChI=1S/C17H17BrClN3O2S/c1-2-22-4-3-9-12(7-22)25-17-13(9)16(24)20-15(21-17)10-5-8(19)6-11(18)14(10)23/h5-6,15,21,23H,2-4,7H2,1H3,(H,20,24). The predicted octanol–water partition coefficient (Wildman–Crippen LogP) is 4.10. The van der Waals surface area contributed by atoms with Crippen LogP contribution < -0.4 is 10.6 Å². The lowest BCUT2D eigenvalue weighted by Crippen LogP contribution is -2.39. The lowest BCUT2D eigenvalue weighted by Gasteiger charge is -2.28. The summed E-state index contributed by atoms with van der Waals surface area (Å²) in [5.74, 6) is -0.0270. The Hall–Kier alpha value is -1.28. The molecule has 1 unspecified atom stereocenters. The molecule has 8 heteroatoms. The number of fused-ring (bicyclic) bond motifs is 3. The zero-order chi connectivity index (χ0) is 17.7. The third kappa shape index (κ3) is 2.93. The maximum absolute atomic E-state index is 12.8. The van der Waals surface area contributed by atoms with Crippen LogP contribution in [-0.2, 0) is 13.0 Å². The summed E-state index contributed by atoms with van der Waals surface area (Å²) in [7, 11) is 0. The van der Waals surface area contributed by atoms with Crippen LogP contribution in [0.3, 0.4) is 0 Å². The lowest BCUT2D eigenvalue weighted by atomic mass is 10.00. The quantitative estimate of drug-likeness (QED) is 0.655. The van der Waals surface area contributed by atoms with E-state index in [0.29, 0.717) is 15.1 Å². The van der Waals surface area contributed by atoms with Gasteiger partial charge >= 0.3 is 0 Å². The van der Waals surface area contributed by atoms with E-state index < -0.39 is 6.17 Å². The van der Waals surface area contributed by atoms with Crippen LogP contribution >= 0.6 is 38.9 Å². The van der Waals surface area contributed by atoms with Gasteiger partial charge in [-0.25, -0.2) is 0 Å². The van der Waals surface area contributed by atoms with Crippen molar-refractivity contribution in [1.29, 1.82) is 0 Å². The van der Waals surface area contributed by atoms with Gasteiger partial charge in [0.15, 0.2) is 0 Å². The molecule has 1 aromatic heterocycles. The predicted molar refractivity (Wildman–Crippen MR) is 104 cm³/mol. The second kappa shape index (κ2) is 6.46. The van der Waals surface area contributed by atoms with Crippen LogP contribution in [0.4, 0.5) is 5.00 Å². The number of nitrogens with zero attached hydrogens (tertiary/aromatic N) is 1. The van der Waals surface area contributed by atoms with Crippen molar-refractivity contribution in [2.24, 2.45) is 0 Å². The van der Waals surface area contributed by atoms with E-state index in [1.807, 2.05) is 0 Å². The summed E-state index contributed by atoms with van der Waals surface area (Å²) in [5.41, 5.74) is 2.46. The number of amides is 1. The molecule has 5 nitrogen and oxygen atoms in total. The number of nitrogens with one attached hydrogen (secondary N) is 2. The van der Waals surface area contributed by atoms with Crippen molar-refractivity contribution < 1.29 is 9.90 Å². The van der Waals surface area contributed by atoms with E-state index in [9.17, 15) is 9.90 Å². The summed E-state index contributed by atoms with van der Waals surface area (Å²) in [6.45, 7) is 5.02. The number of halogens is 2. The van der Waals surface area contributed by atoms with Crippen molar-refractivity contribution in [2.75, 3.05) is 18.4 Å². The third-order valence-electron chi connectivity index (χ3n) is 4.73. The van der Waals surface area contributed by atoms with Gasteiger partial charge in [0, 0.05) is 28.6 Å². The van der Waals surface area contributed by atoms with Gasteiger partial charge in [0.25, 0.3) is 5.91 Å². The van der Waals surface area contributed by atoms with Crippen molar-refractivity contribution in [3.63, 3.8) is 0 Å². The van der Waals surface area contributed by atoms with Gasteiger partial charge in [0.1, 0.15) is 16.9 Å². The van der Waals surface area contributed by atoms with Crippen LogP contribution in [-0.4, -0.2) is 29.0 Å². The van der Waals surface area contributed by atoms with Crippen molar-refractivity contribution in [3.8, 4) is 5.75 Å². The fourth-order valence-electron chi connectivity index (χ4n) is 3.40. The number of carbonyl (C=O) groups excluding carboxylic acids is 1. The number of hydrogen-bond donors (Lipinski definition) is 3. The number of aromatic hydroxyl groups is 1. The number of benzene rings is 1. The number of carbonyl (C=O) groups is 1. The molecule has 2 aliphatic heterocycles. The van der Waals surface area contributed by atoms with E-state index in [0.717, 1.165) is 42.2 Å². The Morgan fingerprint density at radius 1 is 1.44 bits per heavy atom. The molecular weight excluding hydrogens is 426 g/mol. The summed E-state index contributed by atoms with van der Waals surface area (Å²) in [5, 5.41) is 18.0. The summed E-state index contributed by atoms with van der Waals surface area (Å²) in [6, 6.07) is 3.29. The normalized spacial score (nSPS) is 19.8. The summed E-state index contributed by atoms with van der Waals surface area (Å²) >= 11 is 11.0. The molecule has 132 valence electrons. The molecule has 2 aromatic rings. The van der Waals surface area contributed by atoms with E-state index in [-0.39, 0.29) is 11.7 Å². The number of anilines is 1. The SMILES string of the molecule is CCN1CCc2c(sc3c2C(=O)NC(c2cc(Cl)cc(Br)c2O)N3)C1. The third-order valence-corrected chi connectivity index (χ3v) is 6.70. The Morgan fingerprint density at radius 3 is 3.00 bits per heavy atom. The van der Waals surface area contributed by atoms with Crippen molar-refractivity contribution >= 4 is 49.8 Å². The lowest BCUT2D eigenvalue weighted by molar-refractivity contribution is 0.0934. The number of likely N-dealkylation sites (N-methyl/N-ethyl adjacent to an activating group) is 1. The summed E-state index contributed by atoms with van der Waals surface area (Å²) in [6.07, 6.45) is 0.375. The van der Waals surface area contributed by atoms with Gasteiger partial charge in [-0.3, -0.25) is 9.69 Å². The molecule has 0 saturated carbocycles. The molecule has 1 aromatic carbocycles. The van der Waals surface area contributed by atoms with Gasteiger partial charge in [-0.15, -0.1) is 11.3 Å². The number of phenolic OH excluding ortho intramolecular Hbond substituents is 1. The molecule has 0 radical (unpaired) electrons. The summed E-state index contributed by atoms with van der Waals surface area (Å²) < 4.78 is 0.501. The number of rotatable bonds is 2. The van der Waals surface area contributed by atoms with E-state index in [1.165, 1.54) is 4.88 Å². The van der Waals surface area contributed by atoms with Crippen LogP contribution in [0.15, 0.2) is 16.6 Å². The van der Waals surface area contributed by atoms with Crippen LogP contribution in [0.1, 0.15) is 39.5 Å². The average Bonchev–Trinajstić information content (AvgIpc) is 2.95. The molecule has 0 saturated heterocycles. The van der Waals surface area contributed by atoms with Crippen molar-refractivity contribution in [3.05, 3.63) is 43.2 Å². The zero-order valence-electron chi connectivity index (χ0n) is 13.5. The zero-order valence-corrected chi connectivity index (χ0v) is 16.7. The number of phenols is 1. The Balaban J connectivity index is 1.71. The molecule has 0 spiro atoms. The first-order valence-corrected chi connectivity index (χ1v) is 10.1. The highest BCUT2D eigenvalue weighted by Crippen LogP contribution is 2.43. The fourth-order valence-corrected chi connectivity index (χ4v) is 5.55. The fraction of sp³-hybridized carbons (Fsp3) is 0.353. The van der Waals surface area contributed by atoms with Crippen LogP contribution in [0.2, 0.25) is 5.02 Å². The highest BCUT2D eigenvalue weighted by molar-refractivity contribution is 9.10. The summed E-state index contributed by atoms with van der Waals surface area (Å²) in [4.78, 5) is 16.4. The molecule has 1 amide bonds. The van der Waals surface area contributed by atoms with Gasteiger partial charge in [0.2, 0.25) is 0 Å². The molecule has 0 fully saturated rings. The molecule has 0 aliphatic carbocycles. The molecule has 2 aliphatic rings. The van der Waals surface area contributed by atoms with E-state index >= 15 is 0 Å². The van der Waals surface area contributed by atoms with Gasteiger partial charge in [-0.05, 0) is 46.6 Å². The second-order valence-corrected chi connectivity index (χ2v) is 8.60. The number of hydrogen-bond acceptors (Lipinski definition) is 5. The molecule has 4 rings (SSSR count).